The maximum atomic E-state index is 10.7. The lowest BCUT2D eigenvalue weighted by Crippen LogP contribution is -2.23. The van der Waals surface area contributed by atoms with Crippen LogP contribution >= 0.6 is 0 Å². The summed E-state index contributed by atoms with van der Waals surface area (Å²) >= 11 is 0. The zero-order valence-electron chi connectivity index (χ0n) is 7.08. The Bertz CT molecular complexity index is 174. The normalized spacial score (nSPS) is 11.8. The summed E-state index contributed by atoms with van der Waals surface area (Å²) in [5.41, 5.74) is 0. The molecule has 1 radical (unpaired) electrons. The molecule has 0 fully saturated rings. The van der Waals surface area contributed by atoms with Crippen LogP contribution in [0.4, 0.5) is 0 Å². The van der Waals surface area contributed by atoms with E-state index in [-0.39, 0.29) is 0 Å². The molecule has 0 heterocycles. The minimum atomic E-state index is -1.13. The molecule has 0 aromatic rings. The predicted octanol–water partition coefficient (Wildman–Crippen LogP) is 1.03. The minimum Gasteiger partial charge on any atom is -0.459 e. The smallest absolute Gasteiger partial charge is 0.350 e. The second kappa shape index (κ2) is 6.62. The van der Waals surface area contributed by atoms with Crippen LogP contribution in [0.2, 0.25) is 0 Å². The molecule has 0 saturated carbocycles. The van der Waals surface area contributed by atoms with Gasteiger partial charge in [-0.2, -0.15) is 5.26 Å². The largest absolute Gasteiger partial charge is 0.459 e. The van der Waals surface area contributed by atoms with Crippen molar-refractivity contribution in [3.63, 3.8) is 0 Å². The summed E-state index contributed by atoms with van der Waals surface area (Å²) in [6, 6.07) is 1.67. The number of carbonyl (C=O) groups excluding carboxylic acids is 1. The Hall–Kier alpha value is -1.08. The van der Waals surface area contributed by atoms with Crippen LogP contribution in [0.5, 0.6) is 0 Å². The van der Waals surface area contributed by atoms with Gasteiger partial charge in [-0.15, -0.1) is 0 Å². The third-order valence-corrected chi connectivity index (χ3v) is 1.26. The highest BCUT2D eigenvalue weighted by Crippen LogP contribution is 1.96. The van der Waals surface area contributed by atoms with Crippen molar-refractivity contribution in [2.75, 3.05) is 6.61 Å². The van der Waals surface area contributed by atoms with Gasteiger partial charge in [-0.3, -0.25) is 0 Å². The maximum Gasteiger partial charge on any atom is 0.350 e. The standard InChI is InChI=1S/C8H12NO3/c1-3-4-5-12-7(6-9)8(10)11-2/h7H,2-5H2,1H3. The zero-order chi connectivity index (χ0) is 9.40. The molecule has 1 atom stereocenters. The Morgan fingerprint density at radius 2 is 2.42 bits per heavy atom. The maximum absolute atomic E-state index is 10.7. The van der Waals surface area contributed by atoms with Gasteiger partial charge >= 0.3 is 5.97 Å². The van der Waals surface area contributed by atoms with E-state index in [4.69, 9.17) is 10.00 Å². The summed E-state index contributed by atoms with van der Waals surface area (Å²) in [5, 5.41) is 8.42. The molecule has 0 aromatic carbocycles. The fourth-order valence-corrected chi connectivity index (χ4v) is 0.579. The van der Waals surface area contributed by atoms with Crippen molar-refractivity contribution >= 4 is 5.97 Å². The first-order valence-corrected chi connectivity index (χ1v) is 3.73. The summed E-state index contributed by atoms with van der Waals surface area (Å²) < 4.78 is 9.01. The van der Waals surface area contributed by atoms with E-state index in [0.29, 0.717) is 6.61 Å². The van der Waals surface area contributed by atoms with E-state index in [2.05, 4.69) is 11.8 Å². The van der Waals surface area contributed by atoms with Crippen molar-refractivity contribution in [2.24, 2.45) is 0 Å². The Labute approximate surface area is 72.1 Å². The molecule has 4 nitrogen and oxygen atoms in total. The van der Waals surface area contributed by atoms with Crippen molar-refractivity contribution in [1.29, 1.82) is 5.26 Å². The molecule has 0 aromatic heterocycles. The number of nitrogens with zero attached hydrogens (tertiary/aromatic N) is 1. The quantitative estimate of drug-likeness (QED) is 0.456. The van der Waals surface area contributed by atoms with Crippen molar-refractivity contribution < 1.29 is 14.3 Å². The number of hydrogen-bond donors (Lipinski definition) is 0. The van der Waals surface area contributed by atoms with Gasteiger partial charge in [-0.05, 0) is 6.42 Å². The van der Waals surface area contributed by atoms with E-state index in [1.54, 1.807) is 6.07 Å². The van der Waals surface area contributed by atoms with Crippen LogP contribution in [-0.4, -0.2) is 18.7 Å². The molecule has 0 spiro atoms. The molecular weight excluding hydrogens is 158 g/mol. The molecule has 0 aliphatic rings. The molecule has 67 valence electrons. The average molecular weight is 170 g/mol. The number of esters is 1. The van der Waals surface area contributed by atoms with Crippen LogP contribution < -0.4 is 0 Å². The highest BCUT2D eigenvalue weighted by Gasteiger charge is 2.18. The Balaban J connectivity index is 3.70. The van der Waals surface area contributed by atoms with E-state index in [9.17, 15) is 4.79 Å². The van der Waals surface area contributed by atoms with E-state index < -0.39 is 12.1 Å². The van der Waals surface area contributed by atoms with E-state index in [1.807, 2.05) is 6.92 Å². The lowest BCUT2D eigenvalue weighted by atomic mass is 10.3. The topological polar surface area (TPSA) is 59.3 Å². The van der Waals surface area contributed by atoms with Crippen LogP contribution in [0.15, 0.2) is 0 Å². The molecule has 0 rings (SSSR count). The van der Waals surface area contributed by atoms with Crippen LogP contribution in [0, 0.1) is 18.4 Å². The Morgan fingerprint density at radius 1 is 1.75 bits per heavy atom. The molecule has 1 unspecified atom stereocenters. The molecule has 0 amide bonds. The fourth-order valence-electron chi connectivity index (χ4n) is 0.579. The molecule has 0 aliphatic heterocycles. The second-order valence-corrected chi connectivity index (χ2v) is 2.20. The molecular formula is C8H12NO3. The highest BCUT2D eigenvalue weighted by atomic mass is 16.6. The number of carbonyl (C=O) groups is 1. The van der Waals surface area contributed by atoms with Crippen molar-refractivity contribution in [3.05, 3.63) is 7.11 Å². The van der Waals surface area contributed by atoms with Gasteiger partial charge in [0.1, 0.15) is 13.2 Å². The summed E-state index contributed by atoms with van der Waals surface area (Å²) in [6.07, 6.45) is 0.647. The van der Waals surface area contributed by atoms with Gasteiger partial charge in [0.25, 0.3) is 0 Å². The van der Waals surface area contributed by atoms with E-state index >= 15 is 0 Å². The van der Waals surface area contributed by atoms with Crippen molar-refractivity contribution in [1.82, 2.24) is 0 Å². The number of hydrogen-bond acceptors (Lipinski definition) is 4. The molecule has 0 saturated heterocycles. The first-order chi connectivity index (χ1) is 5.76. The number of unbranched alkanes of at least 4 members (excludes halogenated alkanes) is 1. The van der Waals surface area contributed by atoms with Gasteiger partial charge in [0, 0.05) is 6.61 Å². The number of rotatable bonds is 5. The van der Waals surface area contributed by atoms with Crippen LogP contribution in [-0.2, 0) is 14.3 Å². The highest BCUT2D eigenvalue weighted by molar-refractivity contribution is 5.77. The number of ether oxygens (including phenoxy) is 2. The molecule has 0 aliphatic carbocycles. The van der Waals surface area contributed by atoms with E-state index in [1.165, 1.54) is 0 Å². The van der Waals surface area contributed by atoms with E-state index in [0.717, 1.165) is 12.8 Å². The first-order valence-electron chi connectivity index (χ1n) is 3.73. The third-order valence-electron chi connectivity index (χ3n) is 1.26. The molecule has 4 heteroatoms. The lowest BCUT2D eigenvalue weighted by molar-refractivity contribution is -0.148. The summed E-state index contributed by atoms with van der Waals surface area (Å²) in [7, 11) is 2.90. The van der Waals surface area contributed by atoms with Gasteiger partial charge in [0.2, 0.25) is 6.10 Å². The van der Waals surface area contributed by atoms with Crippen LogP contribution in [0.1, 0.15) is 19.8 Å². The van der Waals surface area contributed by atoms with Crippen LogP contribution in [0.25, 0.3) is 0 Å². The minimum absolute atomic E-state index is 0.393. The first kappa shape index (κ1) is 10.9. The predicted molar refractivity (Wildman–Crippen MR) is 41.7 cm³/mol. The number of nitriles is 1. The Morgan fingerprint density at radius 3 is 2.83 bits per heavy atom. The summed E-state index contributed by atoms with van der Waals surface area (Å²) in [6.45, 7) is 2.38. The van der Waals surface area contributed by atoms with Crippen molar-refractivity contribution in [3.8, 4) is 6.07 Å². The average Bonchev–Trinajstić information content (AvgIpc) is 2.11. The third kappa shape index (κ3) is 3.94. The monoisotopic (exact) mass is 170 g/mol. The van der Waals surface area contributed by atoms with Crippen molar-refractivity contribution in [2.45, 2.75) is 25.9 Å². The zero-order valence-corrected chi connectivity index (χ0v) is 7.08. The summed E-state index contributed by atoms with van der Waals surface area (Å²) in [5.74, 6) is -0.742. The van der Waals surface area contributed by atoms with Gasteiger partial charge in [0.15, 0.2) is 0 Å². The summed E-state index contributed by atoms with van der Waals surface area (Å²) in [4.78, 5) is 10.7. The van der Waals surface area contributed by atoms with Gasteiger partial charge in [0.05, 0.1) is 0 Å². The molecule has 12 heavy (non-hydrogen) atoms. The van der Waals surface area contributed by atoms with Gasteiger partial charge in [-0.1, -0.05) is 13.3 Å². The molecule has 0 N–H and O–H groups in total. The SMILES string of the molecule is [CH2]OC(=O)C(C#N)OCCCC. The lowest BCUT2D eigenvalue weighted by Gasteiger charge is -2.06. The second-order valence-electron chi connectivity index (χ2n) is 2.20. The Kier molecular flexibility index (Phi) is 6.02. The molecule has 0 bridgehead atoms. The van der Waals surface area contributed by atoms with Crippen LogP contribution in [0.3, 0.4) is 0 Å². The van der Waals surface area contributed by atoms with Gasteiger partial charge in [-0.25, -0.2) is 4.79 Å². The fraction of sp³-hybridized carbons (Fsp3) is 0.625. The van der Waals surface area contributed by atoms with Gasteiger partial charge < -0.3 is 9.47 Å².